The lowest BCUT2D eigenvalue weighted by Crippen LogP contribution is -2.28. The van der Waals surface area contributed by atoms with Crippen LogP contribution in [0.15, 0.2) is 34.2 Å². The van der Waals surface area contributed by atoms with Gasteiger partial charge in [0, 0.05) is 17.5 Å². The van der Waals surface area contributed by atoms with Crippen molar-refractivity contribution >= 4 is 17.7 Å². The Kier molecular flexibility index (Phi) is 4.24. The molecular weight excluding hydrogens is 300 g/mol. The zero-order valence-corrected chi connectivity index (χ0v) is 12.8. The van der Waals surface area contributed by atoms with Crippen molar-refractivity contribution in [2.75, 3.05) is 5.75 Å². The van der Waals surface area contributed by atoms with Crippen LogP contribution < -0.4 is 11.4 Å². The van der Waals surface area contributed by atoms with Gasteiger partial charge in [0.25, 0.3) is 0 Å². The molecule has 0 unspecified atom stereocenters. The lowest BCUT2D eigenvalue weighted by atomic mass is 10.2. The maximum atomic E-state index is 12.3. The van der Waals surface area contributed by atoms with Crippen molar-refractivity contribution in [2.24, 2.45) is 5.73 Å². The number of nitrogens with zero attached hydrogens (tertiary/aromatic N) is 3. The van der Waals surface area contributed by atoms with Crippen molar-refractivity contribution < 1.29 is 4.79 Å². The minimum Gasteiger partial charge on any atom is -0.369 e. The van der Waals surface area contributed by atoms with Gasteiger partial charge in [-0.15, -0.1) is 0 Å². The maximum Gasteiger partial charge on any atom is 0.349 e. The third kappa shape index (κ3) is 3.04. The predicted molar refractivity (Wildman–Crippen MR) is 83.8 cm³/mol. The highest BCUT2D eigenvalue weighted by molar-refractivity contribution is 7.99. The summed E-state index contributed by atoms with van der Waals surface area (Å²) in [5.74, 6) is -0.264. The summed E-state index contributed by atoms with van der Waals surface area (Å²) in [5.41, 5.74) is 7.80. The molecule has 1 aliphatic carbocycles. The lowest BCUT2D eigenvalue weighted by molar-refractivity contribution is -0.115. The molecular formula is C15H16N4O2S. The van der Waals surface area contributed by atoms with Gasteiger partial charge in [-0.05, 0) is 31.4 Å². The number of amides is 1. The van der Waals surface area contributed by atoms with E-state index in [9.17, 15) is 9.59 Å². The first kappa shape index (κ1) is 14.8. The van der Waals surface area contributed by atoms with E-state index in [4.69, 9.17) is 5.73 Å². The van der Waals surface area contributed by atoms with E-state index >= 15 is 0 Å². The Balaban J connectivity index is 1.97. The molecule has 1 amide bonds. The topological polar surface area (TPSA) is 90.9 Å². The minimum absolute atomic E-state index is 0.142. The van der Waals surface area contributed by atoms with Crippen LogP contribution in [0.25, 0.3) is 0 Å². The third-order valence-corrected chi connectivity index (χ3v) is 4.64. The van der Waals surface area contributed by atoms with Crippen molar-refractivity contribution in [1.29, 1.82) is 0 Å². The maximum absolute atomic E-state index is 12.3. The Labute approximate surface area is 131 Å². The van der Waals surface area contributed by atoms with Crippen molar-refractivity contribution in [3.8, 4) is 0 Å². The Morgan fingerprint density at radius 2 is 2.23 bits per heavy atom. The van der Waals surface area contributed by atoms with Crippen molar-refractivity contribution in [3.63, 3.8) is 0 Å². The van der Waals surface area contributed by atoms with Gasteiger partial charge in [-0.1, -0.05) is 17.8 Å². The molecule has 0 aromatic carbocycles. The SMILES string of the molecule is NC(=O)CSc1nc(=O)n(Cc2ccccn2)c2c1CCC2. The third-order valence-electron chi connectivity index (χ3n) is 3.60. The minimum atomic E-state index is -0.406. The van der Waals surface area contributed by atoms with E-state index in [1.54, 1.807) is 10.8 Å². The molecule has 0 saturated heterocycles. The van der Waals surface area contributed by atoms with E-state index in [2.05, 4.69) is 9.97 Å². The van der Waals surface area contributed by atoms with Crippen molar-refractivity contribution in [3.05, 3.63) is 51.8 Å². The number of hydrogen-bond acceptors (Lipinski definition) is 5. The first-order valence-electron chi connectivity index (χ1n) is 7.09. The summed E-state index contributed by atoms with van der Waals surface area (Å²) in [6.45, 7) is 0.426. The van der Waals surface area contributed by atoms with Gasteiger partial charge in [0.05, 0.1) is 18.0 Å². The van der Waals surface area contributed by atoms with E-state index in [1.165, 1.54) is 11.8 Å². The number of carbonyl (C=O) groups excluding carboxylic acids is 1. The molecule has 0 spiro atoms. The Hall–Kier alpha value is -2.15. The molecule has 0 aliphatic heterocycles. The summed E-state index contributed by atoms with van der Waals surface area (Å²) in [4.78, 5) is 31.7. The quantitative estimate of drug-likeness (QED) is 0.649. The molecule has 7 heteroatoms. The molecule has 6 nitrogen and oxygen atoms in total. The smallest absolute Gasteiger partial charge is 0.349 e. The standard InChI is InChI=1S/C15H16N4O2S/c16-13(20)9-22-14-11-5-3-6-12(11)19(15(21)18-14)8-10-4-1-2-7-17-10/h1-2,4,7H,3,5-6,8-9H2,(H2,16,20). The fourth-order valence-electron chi connectivity index (χ4n) is 2.66. The predicted octanol–water partition coefficient (Wildman–Crippen LogP) is 0.753. The van der Waals surface area contributed by atoms with Crippen LogP contribution in [0.4, 0.5) is 0 Å². The van der Waals surface area contributed by atoms with Crippen molar-refractivity contribution in [2.45, 2.75) is 30.8 Å². The molecule has 1 aliphatic rings. The van der Waals surface area contributed by atoms with E-state index in [-0.39, 0.29) is 11.4 Å². The highest BCUT2D eigenvalue weighted by atomic mass is 32.2. The number of fused-ring (bicyclic) bond motifs is 1. The molecule has 0 fully saturated rings. The molecule has 2 heterocycles. The zero-order chi connectivity index (χ0) is 15.5. The number of rotatable bonds is 5. The summed E-state index contributed by atoms with van der Waals surface area (Å²) in [5, 5.41) is 0.647. The fourth-order valence-corrected chi connectivity index (χ4v) is 3.48. The van der Waals surface area contributed by atoms with Crippen LogP contribution in [0.2, 0.25) is 0 Å². The van der Waals surface area contributed by atoms with Gasteiger partial charge in [-0.25, -0.2) is 4.79 Å². The van der Waals surface area contributed by atoms with Crippen LogP contribution in [0.5, 0.6) is 0 Å². The summed E-state index contributed by atoms with van der Waals surface area (Å²) in [6, 6.07) is 5.64. The molecule has 114 valence electrons. The molecule has 2 N–H and O–H groups in total. The van der Waals surface area contributed by atoms with Crippen LogP contribution in [0, 0.1) is 0 Å². The summed E-state index contributed by atoms with van der Waals surface area (Å²) < 4.78 is 1.69. The average Bonchev–Trinajstić information content (AvgIpc) is 2.99. The van der Waals surface area contributed by atoms with E-state index in [0.29, 0.717) is 11.6 Å². The number of primary amides is 1. The van der Waals surface area contributed by atoms with Gasteiger partial charge >= 0.3 is 5.69 Å². The van der Waals surface area contributed by atoms with E-state index < -0.39 is 5.91 Å². The second-order valence-corrected chi connectivity index (χ2v) is 6.10. The summed E-state index contributed by atoms with van der Waals surface area (Å²) >= 11 is 1.25. The van der Waals surface area contributed by atoms with Gasteiger partial charge in [0.2, 0.25) is 5.91 Å². The van der Waals surface area contributed by atoms with Crippen LogP contribution in [-0.2, 0) is 24.2 Å². The molecule has 2 aromatic rings. The average molecular weight is 316 g/mol. The van der Waals surface area contributed by atoms with Crippen LogP contribution in [0.3, 0.4) is 0 Å². The summed E-state index contributed by atoms with van der Waals surface area (Å²) in [7, 11) is 0. The lowest BCUT2D eigenvalue weighted by Gasteiger charge is -2.13. The largest absolute Gasteiger partial charge is 0.369 e. The van der Waals surface area contributed by atoms with Crippen LogP contribution >= 0.6 is 11.8 Å². The molecule has 0 radical (unpaired) electrons. The molecule has 22 heavy (non-hydrogen) atoms. The Morgan fingerprint density at radius 3 is 2.95 bits per heavy atom. The van der Waals surface area contributed by atoms with E-state index in [0.717, 1.165) is 36.2 Å². The van der Waals surface area contributed by atoms with Crippen LogP contribution in [0.1, 0.15) is 23.4 Å². The number of carbonyl (C=O) groups is 1. The second kappa shape index (κ2) is 6.31. The highest BCUT2D eigenvalue weighted by Crippen LogP contribution is 2.29. The number of pyridine rings is 1. The van der Waals surface area contributed by atoms with Gasteiger partial charge in [0.1, 0.15) is 5.03 Å². The number of thioether (sulfide) groups is 1. The second-order valence-electron chi connectivity index (χ2n) is 5.14. The van der Waals surface area contributed by atoms with Gasteiger partial charge < -0.3 is 5.73 Å². The number of nitrogens with two attached hydrogens (primary N) is 1. The molecule has 2 aromatic heterocycles. The molecule has 0 bridgehead atoms. The zero-order valence-electron chi connectivity index (χ0n) is 12.0. The van der Waals surface area contributed by atoms with Gasteiger partial charge in [-0.3, -0.25) is 14.3 Å². The first-order valence-corrected chi connectivity index (χ1v) is 8.07. The first-order chi connectivity index (χ1) is 10.6. The Morgan fingerprint density at radius 1 is 1.36 bits per heavy atom. The normalized spacial score (nSPS) is 13.1. The van der Waals surface area contributed by atoms with Gasteiger partial charge in [0.15, 0.2) is 0 Å². The molecule has 0 atom stereocenters. The van der Waals surface area contributed by atoms with Gasteiger partial charge in [-0.2, -0.15) is 4.98 Å². The monoisotopic (exact) mass is 316 g/mol. The number of hydrogen-bond donors (Lipinski definition) is 1. The summed E-state index contributed by atoms with van der Waals surface area (Å²) in [6.07, 6.45) is 4.44. The van der Waals surface area contributed by atoms with E-state index in [1.807, 2.05) is 18.2 Å². The number of aromatic nitrogens is 3. The van der Waals surface area contributed by atoms with Crippen molar-refractivity contribution in [1.82, 2.24) is 14.5 Å². The highest BCUT2D eigenvalue weighted by Gasteiger charge is 2.22. The fraction of sp³-hybridized carbons (Fsp3) is 0.333. The molecule has 0 saturated carbocycles. The molecule has 3 rings (SSSR count). The Bertz CT molecular complexity index is 758. The van der Waals surface area contributed by atoms with Crippen LogP contribution in [-0.4, -0.2) is 26.2 Å².